The van der Waals surface area contributed by atoms with E-state index in [-0.39, 0.29) is 23.8 Å². The molecule has 26 heavy (non-hydrogen) atoms. The molecular formula is C18H17F3N2O3. The molecule has 2 aromatic carbocycles. The highest BCUT2D eigenvalue weighted by atomic mass is 19.4. The fourth-order valence-electron chi connectivity index (χ4n) is 2.15. The molecule has 0 aliphatic rings. The summed E-state index contributed by atoms with van der Waals surface area (Å²) in [6.45, 7) is 1.64. The third kappa shape index (κ3) is 6.12. The zero-order valence-corrected chi connectivity index (χ0v) is 13.9. The zero-order valence-electron chi connectivity index (χ0n) is 13.9. The number of ether oxygens (including phenoxy) is 1. The fraction of sp³-hybridized carbons (Fsp3) is 0.222. The third-order valence-corrected chi connectivity index (χ3v) is 3.40. The predicted octanol–water partition coefficient (Wildman–Crippen LogP) is 3.15. The number of rotatable bonds is 6. The molecule has 0 fully saturated rings. The third-order valence-electron chi connectivity index (χ3n) is 3.40. The minimum absolute atomic E-state index is 0.112. The van der Waals surface area contributed by atoms with Gasteiger partial charge in [-0.2, -0.15) is 0 Å². The Morgan fingerprint density at radius 1 is 0.962 bits per heavy atom. The van der Waals surface area contributed by atoms with Gasteiger partial charge in [0, 0.05) is 31.1 Å². The van der Waals surface area contributed by atoms with E-state index in [1.165, 1.54) is 25.1 Å². The van der Waals surface area contributed by atoms with Crippen LogP contribution in [-0.2, 0) is 17.9 Å². The van der Waals surface area contributed by atoms with Gasteiger partial charge in [-0.15, -0.1) is 13.2 Å². The van der Waals surface area contributed by atoms with Gasteiger partial charge < -0.3 is 15.4 Å². The maximum Gasteiger partial charge on any atom is 0.573 e. The Kier molecular flexibility index (Phi) is 6.21. The Labute approximate surface area is 148 Å². The molecule has 138 valence electrons. The van der Waals surface area contributed by atoms with Crippen molar-refractivity contribution in [1.82, 2.24) is 10.6 Å². The van der Waals surface area contributed by atoms with Gasteiger partial charge in [0.15, 0.2) is 0 Å². The number of carbonyl (C=O) groups is 2. The Morgan fingerprint density at radius 3 is 2.23 bits per heavy atom. The summed E-state index contributed by atoms with van der Waals surface area (Å²) in [5, 5.41) is 5.19. The van der Waals surface area contributed by atoms with Gasteiger partial charge in [-0.1, -0.05) is 30.3 Å². The minimum Gasteiger partial charge on any atom is -0.405 e. The molecule has 0 aliphatic carbocycles. The molecule has 8 heteroatoms. The molecule has 0 atom stereocenters. The summed E-state index contributed by atoms with van der Waals surface area (Å²) in [5.41, 5.74) is 1.38. The maximum atomic E-state index is 12.4. The van der Waals surface area contributed by atoms with Crippen LogP contribution in [0, 0.1) is 0 Å². The van der Waals surface area contributed by atoms with Gasteiger partial charge in [0.05, 0.1) is 0 Å². The van der Waals surface area contributed by atoms with E-state index < -0.39 is 12.3 Å². The summed E-state index contributed by atoms with van der Waals surface area (Å²) >= 11 is 0. The van der Waals surface area contributed by atoms with E-state index in [0.717, 1.165) is 5.56 Å². The molecule has 0 saturated heterocycles. The molecule has 2 N–H and O–H groups in total. The minimum atomic E-state index is -4.80. The monoisotopic (exact) mass is 366 g/mol. The highest BCUT2D eigenvalue weighted by Crippen LogP contribution is 2.26. The van der Waals surface area contributed by atoms with Crippen LogP contribution in [0.25, 0.3) is 0 Å². The quantitative estimate of drug-likeness (QED) is 0.825. The van der Waals surface area contributed by atoms with Gasteiger partial charge in [-0.25, -0.2) is 0 Å². The van der Waals surface area contributed by atoms with Gasteiger partial charge >= 0.3 is 6.36 Å². The van der Waals surface area contributed by atoms with Crippen LogP contribution < -0.4 is 15.4 Å². The second-order valence-electron chi connectivity index (χ2n) is 5.44. The van der Waals surface area contributed by atoms with E-state index in [1.807, 2.05) is 0 Å². The van der Waals surface area contributed by atoms with Crippen molar-refractivity contribution in [1.29, 1.82) is 0 Å². The van der Waals surface area contributed by atoms with Crippen molar-refractivity contribution in [3.8, 4) is 5.75 Å². The molecule has 0 unspecified atom stereocenters. The second kappa shape index (κ2) is 8.37. The first-order valence-electron chi connectivity index (χ1n) is 7.70. The van der Waals surface area contributed by atoms with Crippen molar-refractivity contribution in [3.63, 3.8) is 0 Å². The van der Waals surface area contributed by atoms with Crippen molar-refractivity contribution in [2.75, 3.05) is 0 Å². The molecule has 2 rings (SSSR count). The van der Waals surface area contributed by atoms with Crippen LogP contribution in [0.5, 0.6) is 5.75 Å². The molecule has 5 nitrogen and oxygen atoms in total. The second-order valence-corrected chi connectivity index (χ2v) is 5.44. The molecule has 0 bridgehead atoms. The molecule has 0 aromatic heterocycles. The smallest absolute Gasteiger partial charge is 0.405 e. The van der Waals surface area contributed by atoms with Crippen molar-refractivity contribution in [2.24, 2.45) is 0 Å². The number of amides is 2. The normalized spacial score (nSPS) is 10.9. The molecule has 2 amide bonds. The van der Waals surface area contributed by atoms with Crippen LogP contribution in [0.3, 0.4) is 0 Å². The summed E-state index contributed by atoms with van der Waals surface area (Å²) in [6, 6.07) is 12.1. The molecule has 0 radical (unpaired) electrons. The molecule has 0 aliphatic heterocycles. The van der Waals surface area contributed by atoms with E-state index in [0.29, 0.717) is 12.1 Å². The Bertz CT molecular complexity index is 774. The Morgan fingerprint density at radius 2 is 1.62 bits per heavy atom. The van der Waals surface area contributed by atoms with Gasteiger partial charge in [-0.05, 0) is 23.8 Å². The van der Waals surface area contributed by atoms with E-state index in [1.54, 1.807) is 30.3 Å². The van der Waals surface area contributed by atoms with Crippen LogP contribution in [0.2, 0.25) is 0 Å². The van der Waals surface area contributed by atoms with Crippen molar-refractivity contribution >= 4 is 11.8 Å². The van der Waals surface area contributed by atoms with E-state index >= 15 is 0 Å². The first kappa shape index (κ1) is 19.3. The van der Waals surface area contributed by atoms with Gasteiger partial charge in [0.1, 0.15) is 5.75 Å². The van der Waals surface area contributed by atoms with Crippen LogP contribution in [0.4, 0.5) is 13.2 Å². The van der Waals surface area contributed by atoms with Gasteiger partial charge in [0.25, 0.3) is 5.91 Å². The topological polar surface area (TPSA) is 67.4 Å². The first-order chi connectivity index (χ1) is 12.2. The summed E-state index contributed by atoms with van der Waals surface area (Å²) in [5.74, 6) is -0.949. The van der Waals surface area contributed by atoms with E-state index in [2.05, 4.69) is 15.4 Å². The highest BCUT2D eigenvalue weighted by molar-refractivity contribution is 5.94. The summed E-state index contributed by atoms with van der Waals surface area (Å²) in [4.78, 5) is 23.0. The number of hydrogen-bond donors (Lipinski definition) is 2. The summed E-state index contributed by atoms with van der Waals surface area (Å²) in [6.07, 6.45) is -4.80. The number of halogens is 3. The Balaban J connectivity index is 1.97. The van der Waals surface area contributed by atoms with E-state index in [4.69, 9.17) is 0 Å². The Hall–Kier alpha value is -3.03. The maximum absolute atomic E-state index is 12.4. The van der Waals surface area contributed by atoms with Crippen molar-refractivity contribution in [2.45, 2.75) is 26.4 Å². The lowest BCUT2D eigenvalue weighted by atomic mass is 10.1. The fourth-order valence-corrected chi connectivity index (χ4v) is 2.15. The predicted molar refractivity (Wildman–Crippen MR) is 88.3 cm³/mol. The van der Waals surface area contributed by atoms with Crippen molar-refractivity contribution in [3.05, 3.63) is 65.2 Å². The van der Waals surface area contributed by atoms with Crippen LogP contribution in [-0.4, -0.2) is 18.2 Å². The summed E-state index contributed by atoms with van der Waals surface area (Å²) < 4.78 is 41.1. The SMILES string of the molecule is CC(=O)NCc1ccc(C(=O)NCc2ccccc2OC(F)(F)F)cc1. The van der Waals surface area contributed by atoms with E-state index in [9.17, 15) is 22.8 Å². The standard InChI is InChI=1S/C18H17F3N2O3/c1-12(24)22-10-13-6-8-14(9-7-13)17(25)23-11-15-4-2-3-5-16(15)26-18(19,20)21/h2-9H,10-11H2,1H3,(H,22,24)(H,23,25). The largest absolute Gasteiger partial charge is 0.573 e. The molecule has 2 aromatic rings. The molecule has 0 heterocycles. The number of alkyl halides is 3. The number of para-hydroxylation sites is 1. The average Bonchev–Trinajstić information content (AvgIpc) is 2.58. The number of nitrogens with one attached hydrogen (secondary N) is 2. The van der Waals surface area contributed by atoms with Crippen LogP contribution >= 0.6 is 0 Å². The average molecular weight is 366 g/mol. The molecule has 0 saturated carbocycles. The number of carbonyl (C=O) groups excluding carboxylic acids is 2. The van der Waals surface area contributed by atoms with Crippen molar-refractivity contribution < 1.29 is 27.5 Å². The zero-order chi connectivity index (χ0) is 19.2. The lowest BCUT2D eigenvalue weighted by molar-refractivity contribution is -0.274. The first-order valence-corrected chi connectivity index (χ1v) is 7.70. The highest BCUT2D eigenvalue weighted by Gasteiger charge is 2.31. The van der Waals surface area contributed by atoms with Crippen LogP contribution in [0.1, 0.15) is 28.4 Å². The summed E-state index contributed by atoms with van der Waals surface area (Å²) in [7, 11) is 0. The lowest BCUT2D eigenvalue weighted by Gasteiger charge is -2.13. The van der Waals surface area contributed by atoms with Gasteiger partial charge in [0.2, 0.25) is 5.91 Å². The van der Waals surface area contributed by atoms with Gasteiger partial charge in [-0.3, -0.25) is 9.59 Å². The van der Waals surface area contributed by atoms with Crippen LogP contribution in [0.15, 0.2) is 48.5 Å². The molecule has 0 spiro atoms. The number of benzene rings is 2. The lowest BCUT2D eigenvalue weighted by Crippen LogP contribution is -2.24. The molecular weight excluding hydrogens is 349 g/mol. The number of hydrogen-bond acceptors (Lipinski definition) is 3.